The van der Waals surface area contributed by atoms with Crippen molar-refractivity contribution < 1.29 is 9.90 Å². The molecule has 0 aromatic heterocycles. The molecule has 0 heterocycles. The van der Waals surface area contributed by atoms with E-state index in [2.05, 4.69) is 5.32 Å². The van der Waals surface area contributed by atoms with Gasteiger partial charge in [0, 0.05) is 12.6 Å². The Kier molecular flexibility index (Phi) is 4.00. The summed E-state index contributed by atoms with van der Waals surface area (Å²) in [4.78, 5) is 9.92. The smallest absolute Gasteiger partial charge is 0.317 e. The predicted octanol–water partition coefficient (Wildman–Crippen LogP) is -0.992. The minimum Gasteiger partial charge on any atom is -0.480 e. The Morgan fingerprint density at radius 3 is 2.78 bits per heavy atom. The average Bonchev–Trinajstić information content (AvgIpc) is 1.83. The van der Waals surface area contributed by atoms with Gasteiger partial charge in [-0.25, -0.2) is 0 Å². The third kappa shape index (κ3) is 5.26. The van der Waals surface area contributed by atoms with Crippen molar-refractivity contribution in [3.8, 4) is 0 Å². The van der Waals surface area contributed by atoms with Gasteiger partial charge in [-0.2, -0.15) is 0 Å². The first-order valence-corrected chi connectivity index (χ1v) is 2.82. The van der Waals surface area contributed by atoms with Gasteiger partial charge in [0.15, 0.2) is 0 Å². The van der Waals surface area contributed by atoms with Crippen LogP contribution in [-0.2, 0) is 4.79 Å². The molecule has 0 saturated heterocycles. The van der Waals surface area contributed by atoms with Crippen molar-refractivity contribution in [3.63, 3.8) is 0 Å². The van der Waals surface area contributed by atoms with E-state index in [0.29, 0.717) is 6.54 Å². The van der Waals surface area contributed by atoms with E-state index in [1.165, 1.54) is 0 Å². The minimum atomic E-state index is -0.852. The molecule has 0 aromatic carbocycles. The van der Waals surface area contributed by atoms with Crippen molar-refractivity contribution in [3.05, 3.63) is 0 Å². The first-order chi connectivity index (χ1) is 4.16. The molecule has 0 amide bonds. The van der Waals surface area contributed by atoms with Gasteiger partial charge in [0.1, 0.15) is 0 Å². The van der Waals surface area contributed by atoms with E-state index >= 15 is 0 Å². The van der Waals surface area contributed by atoms with E-state index in [1.54, 1.807) is 0 Å². The Hall–Kier alpha value is -0.610. The van der Waals surface area contributed by atoms with Crippen LogP contribution in [0.1, 0.15) is 6.92 Å². The highest BCUT2D eigenvalue weighted by Crippen LogP contribution is 1.73. The van der Waals surface area contributed by atoms with Gasteiger partial charge in [0.05, 0.1) is 6.54 Å². The van der Waals surface area contributed by atoms with Gasteiger partial charge in [-0.1, -0.05) is 0 Å². The molecular weight excluding hydrogens is 120 g/mol. The highest BCUT2D eigenvalue weighted by atomic mass is 16.4. The molecule has 0 aliphatic heterocycles. The van der Waals surface area contributed by atoms with Gasteiger partial charge in [-0.3, -0.25) is 4.79 Å². The van der Waals surface area contributed by atoms with Crippen molar-refractivity contribution in [2.75, 3.05) is 13.1 Å². The quantitative estimate of drug-likeness (QED) is 0.459. The monoisotopic (exact) mass is 132 g/mol. The molecule has 0 radical (unpaired) electrons. The molecule has 0 saturated carbocycles. The lowest BCUT2D eigenvalue weighted by atomic mass is 10.3. The lowest BCUT2D eigenvalue weighted by molar-refractivity contribution is -0.136. The van der Waals surface area contributed by atoms with Crippen molar-refractivity contribution >= 4 is 5.97 Å². The van der Waals surface area contributed by atoms with E-state index in [0.717, 1.165) is 0 Å². The van der Waals surface area contributed by atoms with Gasteiger partial charge in [-0.05, 0) is 6.92 Å². The van der Waals surface area contributed by atoms with Gasteiger partial charge in [0.2, 0.25) is 0 Å². The summed E-state index contributed by atoms with van der Waals surface area (Å²) in [6, 6.07) is 0.0844. The van der Waals surface area contributed by atoms with Crippen LogP contribution in [-0.4, -0.2) is 30.2 Å². The van der Waals surface area contributed by atoms with E-state index < -0.39 is 5.97 Å². The SMILES string of the molecule is CC(CN)NCC(=O)O. The maximum atomic E-state index is 9.92. The Bertz CT molecular complexity index is 95.0. The molecule has 9 heavy (non-hydrogen) atoms. The Balaban J connectivity index is 3.16. The van der Waals surface area contributed by atoms with Crippen LogP contribution in [0.4, 0.5) is 0 Å². The van der Waals surface area contributed by atoms with Crippen molar-refractivity contribution in [1.82, 2.24) is 5.32 Å². The van der Waals surface area contributed by atoms with Crippen LogP contribution in [0.3, 0.4) is 0 Å². The summed E-state index contributed by atoms with van der Waals surface area (Å²) in [5.41, 5.74) is 5.20. The molecule has 1 atom stereocenters. The Morgan fingerprint density at radius 1 is 1.89 bits per heavy atom. The van der Waals surface area contributed by atoms with E-state index in [9.17, 15) is 4.79 Å². The van der Waals surface area contributed by atoms with Crippen molar-refractivity contribution in [2.24, 2.45) is 5.73 Å². The summed E-state index contributed by atoms with van der Waals surface area (Å²) in [5.74, 6) is -0.852. The molecule has 4 nitrogen and oxygen atoms in total. The standard InChI is InChI=1S/C5H12N2O2/c1-4(2-6)7-3-5(8)9/h4,7H,2-3,6H2,1H3,(H,8,9). The first-order valence-electron chi connectivity index (χ1n) is 2.82. The fourth-order valence-corrected chi connectivity index (χ4v) is 0.345. The zero-order valence-electron chi connectivity index (χ0n) is 5.42. The summed E-state index contributed by atoms with van der Waals surface area (Å²) in [6.07, 6.45) is 0. The number of nitrogens with two attached hydrogens (primary N) is 1. The molecule has 0 rings (SSSR count). The maximum Gasteiger partial charge on any atom is 0.317 e. The molecule has 0 aliphatic carbocycles. The van der Waals surface area contributed by atoms with Crippen molar-refractivity contribution in [1.29, 1.82) is 0 Å². The number of aliphatic carboxylic acids is 1. The number of rotatable bonds is 4. The highest BCUT2D eigenvalue weighted by molar-refractivity contribution is 5.69. The minimum absolute atomic E-state index is 0.0155. The molecule has 4 N–H and O–H groups in total. The molecule has 0 bridgehead atoms. The van der Waals surface area contributed by atoms with Crippen LogP contribution < -0.4 is 11.1 Å². The molecule has 1 unspecified atom stereocenters. The summed E-state index contributed by atoms with van der Waals surface area (Å²) in [7, 11) is 0. The second-order valence-corrected chi connectivity index (χ2v) is 1.91. The number of nitrogens with one attached hydrogen (secondary N) is 1. The molecular formula is C5H12N2O2. The number of carboxylic acid groups (broad SMARTS) is 1. The van der Waals surface area contributed by atoms with Gasteiger partial charge < -0.3 is 16.2 Å². The fraction of sp³-hybridized carbons (Fsp3) is 0.800. The first kappa shape index (κ1) is 8.39. The summed E-state index contributed by atoms with van der Waals surface area (Å²) in [5, 5.41) is 10.9. The normalized spacial score (nSPS) is 13.1. The topological polar surface area (TPSA) is 75.3 Å². The highest BCUT2D eigenvalue weighted by Gasteiger charge is 1.99. The van der Waals surface area contributed by atoms with Crippen LogP contribution in [0.25, 0.3) is 0 Å². The van der Waals surface area contributed by atoms with Gasteiger partial charge >= 0.3 is 5.97 Å². The fourth-order valence-electron chi connectivity index (χ4n) is 0.345. The zero-order valence-corrected chi connectivity index (χ0v) is 5.42. The number of hydrogen-bond donors (Lipinski definition) is 3. The van der Waals surface area contributed by atoms with Crippen LogP contribution >= 0.6 is 0 Å². The molecule has 0 aromatic rings. The van der Waals surface area contributed by atoms with Crippen molar-refractivity contribution in [2.45, 2.75) is 13.0 Å². The van der Waals surface area contributed by atoms with Crippen LogP contribution in [0.5, 0.6) is 0 Å². The number of hydrogen-bond acceptors (Lipinski definition) is 3. The third-order valence-electron chi connectivity index (χ3n) is 0.955. The lowest BCUT2D eigenvalue weighted by Crippen LogP contribution is -2.36. The number of carboxylic acids is 1. The predicted molar refractivity (Wildman–Crippen MR) is 34.2 cm³/mol. The second kappa shape index (κ2) is 4.29. The lowest BCUT2D eigenvalue weighted by Gasteiger charge is -2.06. The van der Waals surface area contributed by atoms with Crippen LogP contribution in [0, 0.1) is 0 Å². The average molecular weight is 132 g/mol. The largest absolute Gasteiger partial charge is 0.480 e. The summed E-state index contributed by atoms with van der Waals surface area (Å²) in [6.45, 7) is 2.29. The Morgan fingerprint density at radius 2 is 2.44 bits per heavy atom. The molecule has 4 heteroatoms. The van der Waals surface area contributed by atoms with E-state index in [4.69, 9.17) is 10.8 Å². The van der Waals surface area contributed by atoms with Gasteiger partial charge in [0.25, 0.3) is 0 Å². The van der Waals surface area contributed by atoms with Gasteiger partial charge in [-0.15, -0.1) is 0 Å². The summed E-state index contributed by atoms with van der Waals surface area (Å²) < 4.78 is 0. The second-order valence-electron chi connectivity index (χ2n) is 1.91. The van der Waals surface area contributed by atoms with E-state index in [-0.39, 0.29) is 12.6 Å². The Labute approximate surface area is 54.0 Å². The maximum absolute atomic E-state index is 9.92. The zero-order chi connectivity index (χ0) is 7.28. The summed E-state index contributed by atoms with van der Waals surface area (Å²) >= 11 is 0. The number of carbonyl (C=O) groups is 1. The third-order valence-corrected chi connectivity index (χ3v) is 0.955. The van der Waals surface area contributed by atoms with Crippen LogP contribution in [0.15, 0.2) is 0 Å². The van der Waals surface area contributed by atoms with E-state index in [1.807, 2.05) is 6.92 Å². The van der Waals surface area contributed by atoms with Crippen LogP contribution in [0.2, 0.25) is 0 Å². The molecule has 54 valence electrons. The molecule has 0 spiro atoms. The molecule has 0 aliphatic rings. The molecule has 0 fully saturated rings.